The molecule has 0 aliphatic carbocycles. The molecule has 1 aromatic rings. The van der Waals surface area contributed by atoms with E-state index in [0.717, 1.165) is 0 Å². The van der Waals surface area contributed by atoms with E-state index in [2.05, 4.69) is 4.90 Å². The van der Waals surface area contributed by atoms with Crippen molar-refractivity contribution in [2.24, 2.45) is 0 Å². The molecule has 0 unspecified atom stereocenters. The lowest BCUT2D eigenvalue weighted by Gasteiger charge is -2.40. The number of morpholine rings is 1. The molecule has 2 fully saturated rings. The lowest BCUT2D eigenvalue weighted by molar-refractivity contribution is -0.0457. The molecule has 0 spiro atoms. The highest BCUT2D eigenvalue weighted by Gasteiger charge is 2.36. The van der Waals surface area contributed by atoms with Gasteiger partial charge in [0.25, 0.3) is 10.2 Å². The first-order valence-electron chi connectivity index (χ1n) is 9.36. The van der Waals surface area contributed by atoms with Gasteiger partial charge in [-0.3, -0.25) is 4.90 Å². The van der Waals surface area contributed by atoms with Gasteiger partial charge in [0, 0.05) is 45.8 Å². The molecular formula is C18H28FN3O4S. The summed E-state index contributed by atoms with van der Waals surface area (Å²) in [4.78, 5) is 2.14. The predicted molar refractivity (Wildman–Crippen MR) is 100 cm³/mol. The fourth-order valence-corrected chi connectivity index (χ4v) is 5.26. The van der Waals surface area contributed by atoms with Crippen LogP contribution in [0.15, 0.2) is 24.3 Å². The minimum Gasteiger partial charge on any atom is -0.489 e. The van der Waals surface area contributed by atoms with Crippen LogP contribution in [0.5, 0.6) is 5.75 Å². The number of nitrogens with zero attached hydrogens (tertiary/aromatic N) is 3. The summed E-state index contributed by atoms with van der Waals surface area (Å²) < 4.78 is 53.5. The van der Waals surface area contributed by atoms with Crippen molar-refractivity contribution in [3.05, 3.63) is 30.1 Å². The first-order valence-corrected chi connectivity index (χ1v) is 10.8. The van der Waals surface area contributed by atoms with Gasteiger partial charge in [-0.1, -0.05) is 12.1 Å². The molecule has 0 radical (unpaired) electrons. The van der Waals surface area contributed by atoms with Crippen LogP contribution in [0.1, 0.15) is 13.8 Å². The van der Waals surface area contributed by atoms with Gasteiger partial charge in [0.05, 0.1) is 12.2 Å². The second-order valence-corrected chi connectivity index (χ2v) is 9.03. The minimum atomic E-state index is -3.46. The number of ether oxygens (including phenoxy) is 2. The van der Waals surface area contributed by atoms with Crippen molar-refractivity contribution >= 4 is 10.2 Å². The molecule has 2 saturated heterocycles. The van der Waals surface area contributed by atoms with Crippen molar-refractivity contribution in [2.45, 2.75) is 26.1 Å². The van der Waals surface area contributed by atoms with Gasteiger partial charge in [-0.2, -0.15) is 17.0 Å². The average molecular weight is 402 g/mol. The molecule has 152 valence electrons. The van der Waals surface area contributed by atoms with Gasteiger partial charge in [-0.05, 0) is 26.0 Å². The van der Waals surface area contributed by atoms with Crippen molar-refractivity contribution < 1.29 is 22.3 Å². The Labute approximate surface area is 160 Å². The molecule has 0 saturated carbocycles. The topological polar surface area (TPSA) is 62.3 Å². The molecule has 0 amide bonds. The fraction of sp³-hybridized carbons (Fsp3) is 0.667. The molecule has 0 N–H and O–H groups in total. The smallest absolute Gasteiger partial charge is 0.282 e. The first-order chi connectivity index (χ1) is 12.9. The summed E-state index contributed by atoms with van der Waals surface area (Å²) in [5, 5.41) is 0. The first kappa shape index (κ1) is 20.5. The monoisotopic (exact) mass is 401 g/mol. The highest BCUT2D eigenvalue weighted by Crippen LogP contribution is 2.19. The fourth-order valence-electron chi connectivity index (χ4n) is 3.51. The third kappa shape index (κ3) is 5.17. The van der Waals surface area contributed by atoms with Crippen LogP contribution >= 0.6 is 0 Å². The Hall–Kier alpha value is -1.26. The van der Waals surface area contributed by atoms with E-state index in [-0.39, 0.29) is 23.8 Å². The molecule has 1 aromatic carbocycles. The number of para-hydroxylation sites is 1. The molecule has 3 rings (SSSR count). The number of rotatable bonds is 6. The zero-order valence-corrected chi connectivity index (χ0v) is 16.7. The van der Waals surface area contributed by atoms with E-state index in [1.807, 2.05) is 13.8 Å². The van der Waals surface area contributed by atoms with E-state index in [9.17, 15) is 12.8 Å². The zero-order chi connectivity index (χ0) is 19.4. The summed E-state index contributed by atoms with van der Waals surface area (Å²) in [6.45, 7) is 7.74. The Morgan fingerprint density at radius 2 is 1.70 bits per heavy atom. The van der Waals surface area contributed by atoms with Crippen molar-refractivity contribution in [1.82, 2.24) is 13.5 Å². The standard InChI is InChI=1S/C18H28FN3O4S/c1-15-13-22(14-16(2)26-15)27(23,24)21-9-7-20(8-10-21)11-12-25-18-6-4-3-5-17(18)19/h3-6,15-16H,7-14H2,1-2H3/t15-,16-/m1/s1. The van der Waals surface area contributed by atoms with E-state index >= 15 is 0 Å². The summed E-state index contributed by atoms with van der Waals surface area (Å²) in [6.07, 6.45) is -0.194. The third-order valence-corrected chi connectivity index (χ3v) is 6.84. The molecule has 2 atom stereocenters. The normalized spacial score (nSPS) is 26.2. The Morgan fingerprint density at radius 1 is 1.07 bits per heavy atom. The summed E-state index contributed by atoms with van der Waals surface area (Å²) >= 11 is 0. The molecule has 0 bridgehead atoms. The van der Waals surface area contributed by atoms with Crippen molar-refractivity contribution in [3.63, 3.8) is 0 Å². The lowest BCUT2D eigenvalue weighted by atomic mass is 10.3. The molecule has 0 aromatic heterocycles. The van der Waals surface area contributed by atoms with E-state index in [1.54, 1.807) is 22.5 Å². The van der Waals surface area contributed by atoms with Crippen molar-refractivity contribution in [3.8, 4) is 5.75 Å². The third-order valence-electron chi connectivity index (χ3n) is 4.87. The van der Waals surface area contributed by atoms with E-state index in [0.29, 0.717) is 52.4 Å². The summed E-state index contributed by atoms with van der Waals surface area (Å²) in [5.41, 5.74) is 0. The maximum absolute atomic E-state index is 13.5. The van der Waals surface area contributed by atoms with Crippen LogP contribution in [0.25, 0.3) is 0 Å². The van der Waals surface area contributed by atoms with Crippen LogP contribution in [0.3, 0.4) is 0 Å². The molecular weight excluding hydrogens is 373 g/mol. The summed E-state index contributed by atoms with van der Waals surface area (Å²) in [7, 11) is -3.46. The van der Waals surface area contributed by atoms with E-state index < -0.39 is 10.2 Å². The van der Waals surface area contributed by atoms with Gasteiger partial charge in [0.15, 0.2) is 11.6 Å². The second-order valence-electron chi connectivity index (χ2n) is 7.10. The van der Waals surface area contributed by atoms with Gasteiger partial charge >= 0.3 is 0 Å². The Kier molecular flexibility index (Phi) is 6.69. The number of hydrogen-bond acceptors (Lipinski definition) is 5. The van der Waals surface area contributed by atoms with Crippen LogP contribution < -0.4 is 4.74 Å². The van der Waals surface area contributed by atoms with E-state index in [1.165, 1.54) is 10.4 Å². The van der Waals surface area contributed by atoms with Crippen LogP contribution in [-0.2, 0) is 14.9 Å². The Balaban J connectivity index is 1.46. The molecule has 2 aliphatic heterocycles. The number of piperazine rings is 1. The lowest BCUT2D eigenvalue weighted by Crippen LogP contribution is -2.57. The van der Waals surface area contributed by atoms with Crippen molar-refractivity contribution in [1.29, 1.82) is 0 Å². The second kappa shape index (κ2) is 8.83. The quantitative estimate of drug-likeness (QED) is 0.716. The molecule has 27 heavy (non-hydrogen) atoms. The van der Waals surface area contributed by atoms with Crippen LogP contribution in [0.2, 0.25) is 0 Å². The van der Waals surface area contributed by atoms with Crippen LogP contribution in [0, 0.1) is 5.82 Å². The summed E-state index contributed by atoms with van der Waals surface area (Å²) in [5.74, 6) is -0.128. The number of benzene rings is 1. The Bertz CT molecular complexity index is 715. The predicted octanol–water partition coefficient (Wildman–Crippen LogP) is 1.18. The van der Waals surface area contributed by atoms with Crippen molar-refractivity contribution in [2.75, 3.05) is 52.4 Å². The van der Waals surface area contributed by atoms with Crippen LogP contribution in [-0.4, -0.2) is 86.6 Å². The molecule has 2 aliphatic rings. The van der Waals surface area contributed by atoms with Gasteiger partial charge in [-0.15, -0.1) is 0 Å². The van der Waals surface area contributed by atoms with Gasteiger partial charge in [0.1, 0.15) is 6.61 Å². The minimum absolute atomic E-state index is 0.0969. The Morgan fingerprint density at radius 3 is 2.33 bits per heavy atom. The maximum Gasteiger partial charge on any atom is 0.282 e. The largest absolute Gasteiger partial charge is 0.489 e. The van der Waals surface area contributed by atoms with Crippen LogP contribution in [0.4, 0.5) is 4.39 Å². The number of halogens is 1. The molecule has 9 heteroatoms. The summed E-state index contributed by atoms with van der Waals surface area (Å²) in [6, 6.07) is 6.32. The molecule has 7 nitrogen and oxygen atoms in total. The maximum atomic E-state index is 13.5. The zero-order valence-electron chi connectivity index (χ0n) is 15.9. The van der Waals surface area contributed by atoms with Gasteiger partial charge in [0.2, 0.25) is 0 Å². The van der Waals surface area contributed by atoms with Gasteiger partial charge < -0.3 is 9.47 Å². The van der Waals surface area contributed by atoms with Gasteiger partial charge in [-0.25, -0.2) is 4.39 Å². The number of hydrogen-bond donors (Lipinski definition) is 0. The SMILES string of the molecule is C[C@@H]1CN(S(=O)(=O)N2CCN(CCOc3ccccc3F)CC2)C[C@@H](C)O1. The average Bonchev–Trinajstić information content (AvgIpc) is 2.63. The van der Waals surface area contributed by atoms with E-state index in [4.69, 9.17) is 9.47 Å². The highest BCUT2D eigenvalue weighted by atomic mass is 32.2. The highest BCUT2D eigenvalue weighted by molar-refractivity contribution is 7.86. The molecule has 2 heterocycles.